The van der Waals surface area contributed by atoms with Gasteiger partial charge in [-0.1, -0.05) is 38.3 Å². The molecule has 3 atom stereocenters. The van der Waals surface area contributed by atoms with E-state index >= 15 is 0 Å². The first-order chi connectivity index (χ1) is 9.76. The van der Waals surface area contributed by atoms with Gasteiger partial charge in [0.05, 0.1) is 16.3 Å². The van der Waals surface area contributed by atoms with Gasteiger partial charge < -0.3 is 5.32 Å². The number of para-hydroxylation sites is 1. The lowest BCUT2D eigenvalue weighted by molar-refractivity contribution is 0.250. The van der Waals surface area contributed by atoms with Gasteiger partial charge in [0.25, 0.3) is 0 Å². The highest BCUT2D eigenvalue weighted by Crippen LogP contribution is 2.36. The van der Waals surface area contributed by atoms with E-state index in [1.54, 1.807) is 0 Å². The van der Waals surface area contributed by atoms with Crippen molar-refractivity contribution >= 4 is 21.6 Å². The van der Waals surface area contributed by atoms with Crippen molar-refractivity contribution in [3.05, 3.63) is 29.3 Å². The monoisotopic (exact) mass is 288 g/mol. The van der Waals surface area contributed by atoms with Gasteiger partial charge in [-0.15, -0.1) is 11.3 Å². The van der Waals surface area contributed by atoms with Gasteiger partial charge in [-0.25, -0.2) is 4.98 Å². The smallest absolute Gasteiger partial charge is 0.111 e. The highest BCUT2D eigenvalue weighted by atomic mass is 32.1. The van der Waals surface area contributed by atoms with Crippen molar-refractivity contribution in [2.24, 2.45) is 11.8 Å². The van der Waals surface area contributed by atoms with Crippen LogP contribution in [0.4, 0.5) is 0 Å². The maximum Gasteiger partial charge on any atom is 0.111 e. The normalized spacial score (nSPS) is 24.9. The Morgan fingerprint density at radius 3 is 2.95 bits per heavy atom. The minimum absolute atomic E-state index is 0.419. The first kappa shape index (κ1) is 14.0. The first-order valence-electron chi connectivity index (χ1n) is 7.79. The van der Waals surface area contributed by atoms with E-state index in [2.05, 4.69) is 43.6 Å². The summed E-state index contributed by atoms with van der Waals surface area (Å²) in [7, 11) is 2.07. The van der Waals surface area contributed by atoms with E-state index in [1.807, 2.05) is 11.3 Å². The molecule has 1 aliphatic rings. The fraction of sp³-hybridized carbons (Fsp3) is 0.588. The third-order valence-corrected chi connectivity index (χ3v) is 5.72. The van der Waals surface area contributed by atoms with Crippen LogP contribution in [-0.2, 0) is 0 Å². The molecule has 20 heavy (non-hydrogen) atoms. The number of nitrogens with one attached hydrogen (secondary N) is 1. The van der Waals surface area contributed by atoms with Crippen molar-refractivity contribution in [3.8, 4) is 0 Å². The van der Waals surface area contributed by atoms with Gasteiger partial charge in [-0.3, -0.25) is 0 Å². The molecule has 0 bridgehead atoms. The summed E-state index contributed by atoms with van der Waals surface area (Å²) in [5.41, 5.74) is 1.14. The predicted molar refractivity (Wildman–Crippen MR) is 87.2 cm³/mol. The molecule has 2 nitrogen and oxygen atoms in total. The zero-order valence-electron chi connectivity index (χ0n) is 12.4. The van der Waals surface area contributed by atoms with Crippen LogP contribution >= 0.6 is 11.3 Å². The van der Waals surface area contributed by atoms with E-state index in [0.717, 1.165) is 17.4 Å². The number of thiazole rings is 1. The van der Waals surface area contributed by atoms with Crippen molar-refractivity contribution in [1.82, 2.24) is 10.3 Å². The molecule has 0 amide bonds. The number of fused-ring (bicyclic) bond motifs is 1. The SMILES string of the molecule is CNC(CC1CCCC(C)C1)c1nc2ccccc2s1. The van der Waals surface area contributed by atoms with Crippen molar-refractivity contribution in [2.45, 2.75) is 45.1 Å². The lowest BCUT2D eigenvalue weighted by Crippen LogP contribution is -2.22. The molecule has 1 N–H and O–H groups in total. The van der Waals surface area contributed by atoms with E-state index in [9.17, 15) is 0 Å². The second kappa shape index (κ2) is 6.23. The number of nitrogens with zero attached hydrogens (tertiary/aromatic N) is 1. The maximum atomic E-state index is 4.82. The second-order valence-electron chi connectivity index (χ2n) is 6.23. The van der Waals surface area contributed by atoms with Crippen LogP contribution in [0.1, 0.15) is 50.1 Å². The van der Waals surface area contributed by atoms with E-state index in [-0.39, 0.29) is 0 Å². The van der Waals surface area contributed by atoms with Gasteiger partial charge in [0, 0.05) is 0 Å². The Morgan fingerprint density at radius 1 is 1.35 bits per heavy atom. The van der Waals surface area contributed by atoms with Crippen LogP contribution in [0.2, 0.25) is 0 Å². The lowest BCUT2D eigenvalue weighted by atomic mass is 9.79. The van der Waals surface area contributed by atoms with Gasteiger partial charge in [-0.2, -0.15) is 0 Å². The Bertz CT molecular complexity index is 530. The summed E-state index contributed by atoms with van der Waals surface area (Å²) >= 11 is 1.85. The van der Waals surface area contributed by atoms with E-state index in [4.69, 9.17) is 4.98 Å². The number of hydrogen-bond acceptors (Lipinski definition) is 3. The third-order valence-electron chi connectivity index (χ3n) is 4.57. The molecule has 1 aromatic heterocycles. The molecule has 108 valence electrons. The highest BCUT2D eigenvalue weighted by molar-refractivity contribution is 7.18. The summed E-state index contributed by atoms with van der Waals surface area (Å²) in [6.07, 6.45) is 6.85. The van der Waals surface area contributed by atoms with Crippen LogP contribution in [0.3, 0.4) is 0 Å². The summed E-state index contributed by atoms with van der Waals surface area (Å²) in [6, 6.07) is 8.88. The summed E-state index contributed by atoms with van der Waals surface area (Å²) in [4.78, 5) is 4.82. The summed E-state index contributed by atoms with van der Waals surface area (Å²) < 4.78 is 1.31. The van der Waals surface area contributed by atoms with Gasteiger partial charge in [0.2, 0.25) is 0 Å². The lowest BCUT2D eigenvalue weighted by Gasteiger charge is -2.29. The van der Waals surface area contributed by atoms with E-state index in [1.165, 1.54) is 41.8 Å². The predicted octanol–water partition coefficient (Wildman–Crippen LogP) is 4.77. The third kappa shape index (κ3) is 3.04. The molecule has 2 aromatic rings. The molecule has 0 aliphatic heterocycles. The van der Waals surface area contributed by atoms with Gasteiger partial charge in [-0.05, 0) is 43.9 Å². The second-order valence-corrected chi connectivity index (χ2v) is 7.30. The maximum absolute atomic E-state index is 4.82. The molecule has 3 heteroatoms. The van der Waals surface area contributed by atoms with Gasteiger partial charge in [0.1, 0.15) is 5.01 Å². The van der Waals surface area contributed by atoms with Crippen LogP contribution < -0.4 is 5.32 Å². The van der Waals surface area contributed by atoms with Crippen LogP contribution in [0.25, 0.3) is 10.2 Å². The quantitative estimate of drug-likeness (QED) is 0.876. The Labute approximate surface area is 125 Å². The standard InChI is InChI=1S/C17H24N2S/c1-12-6-5-7-13(10-12)11-15(18-2)17-19-14-8-3-4-9-16(14)20-17/h3-4,8-9,12-13,15,18H,5-7,10-11H2,1-2H3. The van der Waals surface area contributed by atoms with E-state index < -0.39 is 0 Å². The van der Waals surface area contributed by atoms with Crippen LogP contribution in [0.15, 0.2) is 24.3 Å². The van der Waals surface area contributed by atoms with Crippen LogP contribution in [-0.4, -0.2) is 12.0 Å². The molecule has 3 rings (SSSR count). The molecule has 0 spiro atoms. The summed E-state index contributed by atoms with van der Waals surface area (Å²) in [5.74, 6) is 1.77. The van der Waals surface area contributed by atoms with Crippen molar-refractivity contribution in [3.63, 3.8) is 0 Å². The fourth-order valence-corrected chi connectivity index (χ4v) is 4.58. The number of hydrogen-bond donors (Lipinski definition) is 1. The molecule has 1 heterocycles. The molecule has 1 saturated carbocycles. The first-order valence-corrected chi connectivity index (χ1v) is 8.60. The van der Waals surface area contributed by atoms with Crippen molar-refractivity contribution in [1.29, 1.82) is 0 Å². The summed E-state index contributed by atoms with van der Waals surface area (Å²) in [6.45, 7) is 2.40. The largest absolute Gasteiger partial charge is 0.311 e. The molecule has 0 radical (unpaired) electrons. The average molecular weight is 288 g/mol. The van der Waals surface area contributed by atoms with Crippen molar-refractivity contribution in [2.75, 3.05) is 7.05 Å². The Hall–Kier alpha value is -0.930. The zero-order chi connectivity index (χ0) is 13.9. The van der Waals surface area contributed by atoms with Crippen LogP contribution in [0, 0.1) is 11.8 Å². The molecule has 1 aromatic carbocycles. The van der Waals surface area contributed by atoms with Crippen LogP contribution in [0.5, 0.6) is 0 Å². The molecule has 3 unspecified atom stereocenters. The Kier molecular flexibility index (Phi) is 4.37. The topological polar surface area (TPSA) is 24.9 Å². The molecule has 1 aliphatic carbocycles. The zero-order valence-corrected chi connectivity index (χ0v) is 13.2. The van der Waals surface area contributed by atoms with Crippen molar-refractivity contribution < 1.29 is 0 Å². The number of aromatic nitrogens is 1. The fourth-order valence-electron chi connectivity index (χ4n) is 3.49. The average Bonchev–Trinajstić information content (AvgIpc) is 2.88. The Balaban J connectivity index is 1.75. The molecule has 0 saturated heterocycles. The highest BCUT2D eigenvalue weighted by Gasteiger charge is 2.24. The molecular formula is C17H24N2S. The minimum atomic E-state index is 0.419. The minimum Gasteiger partial charge on any atom is -0.311 e. The Morgan fingerprint density at radius 2 is 2.20 bits per heavy atom. The summed E-state index contributed by atoms with van der Waals surface area (Å²) in [5, 5.41) is 4.75. The molecule has 1 fully saturated rings. The number of rotatable bonds is 4. The van der Waals surface area contributed by atoms with Gasteiger partial charge >= 0.3 is 0 Å². The molecular weight excluding hydrogens is 264 g/mol. The van der Waals surface area contributed by atoms with E-state index in [0.29, 0.717) is 6.04 Å². The number of benzene rings is 1. The van der Waals surface area contributed by atoms with Gasteiger partial charge in [0.15, 0.2) is 0 Å².